The highest BCUT2D eigenvalue weighted by Crippen LogP contribution is 2.33. The van der Waals surface area contributed by atoms with Gasteiger partial charge in [0.2, 0.25) is 0 Å². The first kappa shape index (κ1) is 16.1. The highest BCUT2D eigenvalue weighted by Gasteiger charge is 2.34. The molecule has 1 amide bonds. The number of benzene rings is 1. The summed E-state index contributed by atoms with van der Waals surface area (Å²) in [6, 6.07) is 9.53. The van der Waals surface area contributed by atoms with E-state index in [-0.39, 0.29) is 5.91 Å². The molecule has 2 saturated heterocycles. The fraction of sp³-hybridized carbons (Fsp3) is 0.444. The molecule has 4 rings (SSSR count). The Hall–Kier alpha value is -2.38. The molecule has 132 valence electrons. The molecule has 1 N–H and O–H groups in total. The first-order chi connectivity index (χ1) is 12.2. The second-order valence-corrected chi connectivity index (χ2v) is 6.37. The molecule has 2 fully saturated rings. The number of aliphatic hydroxyl groups is 1. The van der Waals surface area contributed by atoms with Crippen molar-refractivity contribution in [2.75, 3.05) is 44.3 Å². The topological polar surface area (TPSA) is 79.0 Å². The van der Waals surface area contributed by atoms with Gasteiger partial charge >= 0.3 is 0 Å². The molecule has 2 aromatic rings. The molecule has 1 aromatic carbocycles. The van der Waals surface area contributed by atoms with E-state index in [1.807, 2.05) is 35.2 Å². The van der Waals surface area contributed by atoms with Crippen LogP contribution in [0.3, 0.4) is 0 Å². The monoisotopic (exact) mass is 343 g/mol. The summed E-state index contributed by atoms with van der Waals surface area (Å²) in [6.45, 7) is 3.43. The predicted molar refractivity (Wildman–Crippen MR) is 91.5 cm³/mol. The van der Waals surface area contributed by atoms with Crippen molar-refractivity contribution in [3.8, 4) is 11.3 Å². The average molecular weight is 343 g/mol. The minimum atomic E-state index is -0.462. The Balaban J connectivity index is 1.74. The van der Waals surface area contributed by atoms with Gasteiger partial charge in [0.05, 0.1) is 19.3 Å². The van der Waals surface area contributed by atoms with E-state index in [4.69, 9.17) is 9.26 Å². The van der Waals surface area contributed by atoms with E-state index >= 15 is 0 Å². The van der Waals surface area contributed by atoms with Crippen LogP contribution in [0.15, 0.2) is 34.9 Å². The first-order valence-electron chi connectivity index (χ1n) is 8.59. The Kier molecular flexibility index (Phi) is 4.42. The Morgan fingerprint density at radius 1 is 1.16 bits per heavy atom. The van der Waals surface area contributed by atoms with Crippen LogP contribution < -0.4 is 4.90 Å². The minimum absolute atomic E-state index is 0.141. The van der Waals surface area contributed by atoms with Crippen LogP contribution in [-0.4, -0.2) is 66.6 Å². The Morgan fingerprint density at radius 3 is 2.60 bits per heavy atom. The zero-order valence-electron chi connectivity index (χ0n) is 13.9. The van der Waals surface area contributed by atoms with Crippen LogP contribution >= 0.6 is 0 Å². The summed E-state index contributed by atoms with van der Waals surface area (Å²) in [5.74, 6) is 0.903. The fourth-order valence-corrected chi connectivity index (χ4v) is 3.34. The molecule has 7 nitrogen and oxygen atoms in total. The van der Waals surface area contributed by atoms with Crippen LogP contribution in [0.4, 0.5) is 5.82 Å². The van der Waals surface area contributed by atoms with Gasteiger partial charge in [-0.05, 0) is 6.42 Å². The summed E-state index contributed by atoms with van der Waals surface area (Å²) < 4.78 is 11.0. The molecule has 0 radical (unpaired) electrons. The largest absolute Gasteiger partial charge is 0.391 e. The lowest BCUT2D eigenvalue weighted by Crippen LogP contribution is -2.38. The highest BCUT2D eigenvalue weighted by molar-refractivity contribution is 6.04. The van der Waals surface area contributed by atoms with E-state index in [9.17, 15) is 9.90 Å². The molecule has 0 unspecified atom stereocenters. The number of anilines is 1. The molecule has 0 aliphatic carbocycles. The van der Waals surface area contributed by atoms with Crippen molar-refractivity contribution in [1.29, 1.82) is 0 Å². The van der Waals surface area contributed by atoms with Crippen LogP contribution in [0, 0.1) is 0 Å². The smallest absolute Gasteiger partial charge is 0.261 e. The third kappa shape index (κ3) is 3.12. The van der Waals surface area contributed by atoms with Gasteiger partial charge in [-0.25, -0.2) is 0 Å². The number of aromatic nitrogens is 1. The van der Waals surface area contributed by atoms with Crippen molar-refractivity contribution in [3.63, 3.8) is 0 Å². The van der Waals surface area contributed by atoms with Crippen LogP contribution in [0.25, 0.3) is 11.3 Å². The first-order valence-corrected chi connectivity index (χ1v) is 8.59. The molecule has 1 atom stereocenters. The Labute approximate surface area is 145 Å². The summed E-state index contributed by atoms with van der Waals surface area (Å²) in [6.07, 6.45) is 0.140. The number of amides is 1. The van der Waals surface area contributed by atoms with Gasteiger partial charge in [-0.3, -0.25) is 4.79 Å². The molecule has 3 heterocycles. The number of hydrogen-bond acceptors (Lipinski definition) is 6. The number of β-amino-alcohol motifs (C(OH)–C–C–N with tert-alkyl or cyclic N) is 1. The van der Waals surface area contributed by atoms with E-state index in [0.29, 0.717) is 63.0 Å². The van der Waals surface area contributed by atoms with E-state index in [0.717, 1.165) is 5.56 Å². The number of carbonyl (C=O) groups excluding carboxylic acids is 1. The standard InChI is InChI=1S/C18H21N3O4/c22-14-6-7-21(12-14)18(23)15-16(13-4-2-1-3-5-13)25-19-17(15)20-8-10-24-11-9-20/h1-5,14,22H,6-12H2/t14-/m1/s1. The van der Waals surface area contributed by atoms with Gasteiger partial charge in [0.1, 0.15) is 5.56 Å². The quantitative estimate of drug-likeness (QED) is 0.907. The van der Waals surface area contributed by atoms with E-state index in [1.54, 1.807) is 4.90 Å². The molecule has 0 saturated carbocycles. The van der Waals surface area contributed by atoms with Gasteiger partial charge < -0.3 is 24.2 Å². The summed E-state index contributed by atoms with van der Waals surface area (Å²) in [4.78, 5) is 16.9. The number of carbonyl (C=O) groups is 1. The highest BCUT2D eigenvalue weighted by atomic mass is 16.5. The molecule has 2 aliphatic heterocycles. The van der Waals surface area contributed by atoms with Crippen molar-refractivity contribution < 1.29 is 19.2 Å². The lowest BCUT2D eigenvalue weighted by atomic mass is 10.1. The van der Waals surface area contributed by atoms with Gasteiger partial charge in [-0.1, -0.05) is 35.5 Å². The van der Waals surface area contributed by atoms with Crippen LogP contribution in [-0.2, 0) is 4.74 Å². The SMILES string of the molecule is O=C(c1c(N2CCOCC2)noc1-c1ccccc1)N1CC[C@@H](O)C1. The van der Waals surface area contributed by atoms with Crippen molar-refractivity contribution in [3.05, 3.63) is 35.9 Å². The summed E-state index contributed by atoms with van der Waals surface area (Å²) >= 11 is 0. The van der Waals surface area contributed by atoms with Crippen LogP contribution in [0.2, 0.25) is 0 Å². The third-order valence-electron chi connectivity index (χ3n) is 4.69. The average Bonchev–Trinajstić information content (AvgIpc) is 3.29. The maximum absolute atomic E-state index is 13.2. The second kappa shape index (κ2) is 6.85. The minimum Gasteiger partial charge on any atom is -0.391 e. The molecule has 25 heavy (non-hydrogen) atoms. The van der Waals surface area contributed by atoms with Crippen molar-refractivity contribution in [1.82, 2.24) is 10.1 Å². The van der Waals surface area contributed by atoms with Crippen molar-refractivity contribution in [2.24, 2.45) is 0 Å². The molecule has 0 spiro atoms. The zero-order valence-corrected chi connectivity index (χ0v) is 13.9. The maximum atomic E-state index is 13.2. The summed E-state index contributed by atoms with van der Waals surface area (Å²) in [5.41, 5.74) is 1.29. The number of ether oxygens (including phenoxy) is 1. The van der Waals surface area contributed by atoms with Crippen molar-refractivity contribution >= 4 is 11.7 Å². The van der Waals surface area contributed by atoms with E-state index < -0.39 is 6.10 Å². The molecule has 1 aromatic heterocycles. The fourth-order valence-electron chi connectivity index (χ4n) is 3.34. The second-order valence-electron chi connectivity index (χ2n) is 6.37. The van der Waals surface area contributed by atoms with E-state index in [1.165, 1.54) is 0 Å². The normalized spacial score (nSPS) is 20.9. The third-order valence-corrected chi connectivity index (χ3v) is 4.69. The van der Waals surface area contributed by atoms with Crippen molar-refractivity contribution in [2.45, 2.75) is 12.5 Å². The molecular weight excluding hydrogens is 322 g/mol. The van der Waals surface area contributed by atoms with Gasteiger partial charge in [-0.15, -0.1) is 0 Å². The predicted octanol–water partition coefficient (Wildman–Crippen LogP) is 1.38. The summed E-state index contributed by atoms with van der Waals surface area (Å²) in [5, 5.41) is 14.0. The molecule has 2 aliphatic rings. The summed E-state index contributed by atoms with van der Waals surface area (Å²) in [7, 11) is 0. The number of aliphatic hydroxyl groups excluding tert-OH is 1. The Morgan fingerprint density at radius 2 is 1.92 bits per heavy atom. The molecule has 0 bridgehead atoms. The molecule has 7 heteroatoms. The van der Waals surface area contributed by atoms with Gasteiger partial charge in [0.25, 0.3) is 5.91 Å². The Bertz CT molecular complexity index is 740. The number of morpholine rings is 1. The zero-order chi connectivity index (χ0) is 17.2. The van der Waals surface area contributed by atoms with Crippen LogP contribution in [0.5, 0.6) is 0 Å². The number of nitrogens with zero attached hydrogens (tertiary/aromatic N) is 3. The number of rotatable bonds is 3. The van der Waals surface area contributed by atoms with Crippen LogP contribution in [0.1, 0.15) is 16.8 Å². The molecular formula is C18H21N3O4. The number of likely N-dealkylation sites (tertiary alicyclic amines) is 1. The lowest BCUT2D eigenvalue weighted by molar-refractivity contribution is 0.0764. The maximum Gasteiger partial charge on any atom is 0.261 e. The number of hydrogen-bond donors (Lipinski definition) is 1. The van der Waals surface area contributed by atoms with Gasteiger partial charge in [0, 0.05) is 31.7 Å². The van der Waals surface area contributed by atoms with Gasteiger partial charge in [0.15, 0.2) is 11.6 Å². The van der Waals surface area contributed by atoms with E-state index in [2.05, 4.69) is 5.16 Å². The van der Waals surface area contributed by atoms with Gasteiger partial charge in [-0.2, -0.15) is 0 Å². The lowest BCUT2D eigenvalue weighted by Gasteiger charge is -2.27.